The van der Waals surface area contributed by atoms with Crippen LogP contribution in [0, 0.1) is 0 Å². The molecule has 4 nitrogen and oxygen atoms in total. The Morgan fingerprint density at radius 2 is 1.48 bits per heavy atom. The number of hydrogen-bond acceptors (Lipinski definition) is 3. The fourth-order valence-electron chi connectivity index (χ4n) is 2.93. The van der Waals surface area contributed by atoms with Gasteiger partial charge < -0.3 is 14.6 Å². The first-order valence-corrected chi connectivity index (χ1v) is 9.80. The van der Waals surface area contributed by atoms with Crippen molar-refractivity contribution < 1.29 is 19.4 Å². The van der Waals surface area contributed by atoms with Crippen LogP contribution in [0.1, 0.15) is 12.0 Å². The zero-order valence-electron chi connectivity index (χ0n) is 15.8. The Kier molecular flexibility index (Phi) is 7.02. The molecule has 3 rings (SSSR count). The van der Waals surface area contributed by atoms with Crippen LogP contribution in [0.25, 0.3) is 11.1 Å². The van der Waals surface area contributed by atoms with Gasteiger partial charge in [-0.1, -0.05) is 59.6 Å². The molecular formula is C23H20Cl2O4. The van der Waals surface area contributed by atoms with E-state index in [1.807, 2.05) is 48.5 Å². The standard InChI is InChI=1S/C23H20Cl2O4/c1-28-22-14-19(25)11-13-20(22)29-21(23(26)27)12-4-15-2-5-16(6-3-15)17-7-9-18(24)10-8-17/h2-3,5-11,13-14,21H,4,12H2,1H3,(H,26,27). The van der Waals surface area contributed by atoms with Gasteiger partial charge in [0.25, 0.3) is 0 Å². The van der Waals surface area contributed by atoms with Gasteiger partial charge in [-0.25, -0.2) is 4.79 Å². The minimum Gasteiger partial charge on any atom is -0.493 e. The number of ether oxygens (including phenoxy) is 2. The minimum absolute atomic E-state index is 0.321. The van der Waals surface area contributed by atoms with E-state index in [1.54, 1.807) is 18.2 Å². The number of rotatable bonds is 8. The number of carbonyl (C=O) groups is 1. The number of aliphatic carboxylic acids is 1. The molecule has 0 aliphatic rings. The molecule has 0 aliphatic heterocycles. The van der Waals surface area contributed by atoms with Crippen LogP contribution < -0.4 is 9.47 Å². The summed E-state index contributed by atoms with van der Waals surface area (Å²) in [6.45, 7) is 0. The van der Waals surface area contributed by atoms with Crippen molar-refractivity contribution in [1.82, 2.24) is 0 Å². The molecule has 0 aliphatic carbocycles. The predicted molar refractivity (Wildman–Crippen MR) is 115 cm³/mol. The van der Waals surface area contributed by atoms with E-state index in [0.29, 0.717) is 34.4 Å². The Bertz CT molecular complexity index is 969. The van der Waals surface area contributed by atoms with E-state index in [9.17, 15) is 9.90 Å². The largest absolute Gasteiger partial charge is 0.493 e. The van der Waals surface area contributed by atoms with E-state index in [1.165, 1.54) is 7.11 Å². The van der Waals surface area contributed by atoms with Gasteiger partial charge in [0.15, 0.2) is 17.6 Å². The number of aryl methyl sites for hydroxylation is 1. The van der Waals surface area contributed by atoms with Gasteiger partial charge >= 0.3 is 5.97 Å². The molecule has 1 atom stereocenters. The van der Waals surface area contributed by atoms with E-state index >= 15 is 0 Å². The van der Waals surface area contributed by atoms with E-state index < -0.39 is 12.1 Å². The van der Waals surface area contributed by atoms with Crippen molar-refractivity contribution in [3.63, 3.8) is 0 Å². The third kappa shape index (κ3) is 5.66. The molecule has 1 N–H and O–H groups in total. The summed E-state index contributed by atoms with van der Waals surface area (Å²) < 4.78 is 10.9. The lowest BCUT2D eigenvalue weighted by atomic mass is 10.0. The number of hydrogen-bond donors (Lipinski definition) is 1. The second-order valence-corrected chi connectivity index (χ2v) is 7.36. The van der Waals surface area contributed by atoms with Crippen LogP contribution in [0.2, 0.25) is 10.0 Å². The monoisotopic (exact) mass is 430 g/mol. The van der Waals surface area contributed by atoms with E-state index in [2.05, 4.69) is 0 Å². The molecule has 150 valence electrons. The van der Waals surface area contributed by atoms with Crippen LogP contribution in [0.15, 0.2) is 66.7 Å². The van der Waals surface area contributed by atoms with Crippen molar-refractivity contribution >= 4 is 29.2 Å². The second kappa shape index (κ2) is 9.68. The number of benzene rings is 3. The van der Waals surface area contributed by atoms with Crippen LogP contribution in [-0.2, 0) is 11.2 Å². The molecule has 1 unspecified atom stereocenters. The number of methoxy groups -OCH3 is 1. The molecule has 3 aromatic rings. The Labute approximate surface area is 179 Å². The Morgan fingerprint density at radius 3 is 2.07 bits per heavy atom. The third-order valence-electron chi connectivity index (χ3n) is 4.50. The SMILES string of the molecule is COc1cc(Cl)ccc1OC(CCc1ccc(-c2ccc(Cl)cc2)cc1)C(=O)O. The lowest BCUT2D eigenvalue weighted by Crippen LogP contribution is -2.27. The Hall–Kier alpha value is -2.69. The highest BCUT2D eigenvalue weighted by Crippen LogP contribution is 2.31. The summed E-state index contributed by atoms with van der Waals surface area (Å²) in [5.41, 5.74) is 3.17. The van der Waals surface area contributed by atoms with Gasteiger partial charge in [0.05, 0.1) is 7.11 Å². The Balaban J connectivity index is 1.66. The lowest BCUT2D eigenvalue weighted by molar-refractivity contribution is -0.145. The van der Waals surface area contributed by atoms with Crippen molar-refractivity contribution in [3.8, 4) is 22.6 Å². The molecule has 0 saturated carbocycles. The van der Waals surface area contributed by atoms with E-state index in [-0.39, 0.29) is 0 Å². The topological polar surface area (TPSA) is 55.8 Å². The number of halogens is 2. The second-order valence-electron chi connectivity index (χ2n) is 6.48. The summed E-state index contributed by atoms with van der Waals surface area (Å²) in [5.74, 6) is -0.279. The van der Waals surface area contributed by atoms with Gasteiger partial charge in [0.2, 0.25) is 0 Å². The summed E-state index contributed by atoms with van der Waals surface area (Å²) in [6, 6.07) is 20.5. The van der Waals surface area contributed by atoms with Crippen LogP contribution in [-0.4, -0.2) is 24.3 Å². The highest BCUT2D eigenvalue weighted by molar-refractivity contribution is 6.31. The summed E-state index contributed by atoms with van der Waals surface area (Å²) in [4.78, 5) is 11.7. The minimum atomic E-state index is -1.03. The van der Waals surface area contributed by atoms with Gasteiger partial charge in [-0.15, -0.1) is 0 Å². The van der Waals surface area contributed by atoms with Crippen molar-refractivity contribution in [2.75, 3.05) is 7.11 Å². The third-order valence-corrected chi connectivity index (χ3v) is 4.98. The first kappa shape index (κ1) is 21.0. The average molecular weight is 431 g/mol. The summed E-state index contributed by atoms with van der Waals surface area (Å²) in [7, 11) is 1.48. The molecular weight excluding hydrogens is 411 g/mol. The predicted octanol–water partition coefficient (Wildman–Crippen LogP) is 6.13. The maximum atomic E-state index is 11.7. The average Bonchev–Trinajstić information content (AvgIpc) is 2.72. The van der Waals surface area contributed by atoms with Gasteiger partial charge in [-0.3, -0.25) is 0 Å². The molecule has 0 heterocycles. The fraction of sp³-hybridized carbons (Fsp3) is 0.174. The number of carboxylic acid groups (broad SMARTS) is 1. The first-order valence-electron chi connectivity index (χ1n) is 9.04. The van der Waals surface area contributed by atoms with Crippen LogP contribution in [0.5, 0.6) is 11.5 Å². The molecule has 6 heteroatoms. The van der Waals surface area contributed by atoms with Crippen LogP contribution in [0.3, 0.4) is 0 Å². The van der Waals surface area contributed by atoms with Crippen molar-refractivity contribution in [1.29, 1.82) is 0 Å². The molecule has 0 aromatic heterocycles. The van der Waals surface area contributed by atoms with Crippen molar-refractivity contribution in [2.45, 2.75) is 18.9 Å². The lowest BCUT2D eigenvalue weighted by Gasteiger charge is -2.17. The molecule has 0 saturated heterocycles. The van der Waals surface area contributed by atoms with Gasteiger partial charge in [0, 0.05) is 16.1 Å². The van der Waals surface area contributed by atoms with Crippen molar-refractivity contribution in [3.05, 3.63) is 82.3 Å². The van der Waals surface area contributed by atoms with Crippen LogP contribution >= 0.6 is 23.2 Å². The smallest absolute Gasteiger partial charge is 0.344 e. The molecule has 0 amide bonds. The highest BCUT2D eigenvalue weighted by atomic mass is 35.5. The molecule has 29 heavy (non-hydrogen) atoms. The molecule has 0 radical (unpaired) electrons. The summed E-state index contributed by atoms with van der Waals surface area (Å²) in [5, 5.41) is 10.7. The maximum absolute atomic E-state index is 11.7. The maximum Gasteiger partial charge on any atom is 0.344 e. The number of carboxylic acids is 1. The molecule has 0 bridgehead atoms. The fourth-order valence-corrected chi connectivity index (χ4v) is 3.22. The normalized spacial score (nSPS) is 11.7. The highest BCUT2D eigenvalue weighted by Gasteiger charge is 2.21. The van der Waals surface area contributed by atoms with Gasteiger partial charge in [0.1, 0.15) is 0 Å². The van der Waals surface area contributed by atoms with E-state index in [0.717, 1.165) is 16.7 Å². The Morgan fingerprint density at radius 1 is 0.897 bits per heavy atom. The van der Waals surface area contributed by atoms with Gasteiger partial charge in [-0.05, 0) is 53.8 Å². The van der Waals surface area contributed by atoms with Crippen molar-refractivity contribution in [2.24, 2.45) is 0 Å². The quantitative estimate of drug-likeness (QED) is 0.466. The van der Waals surface area contributed by atoms with E-state index in [4.69, 9.17) is 32.7 Å². The first-order chi connectivity index (χ1) is 14.0. The zero-order chi connectivity index (χ0) is 20.8. The zero-order valence-corrected chi connectivity index (χ0v) is 17.3. The molecule has 0 fully saturated rings. The van der Waals surface area contributed by atoms with Crippen LogP contribution in [0.4, 0.5) is 0 Å². The molecule has 3 aromatic carbocycles. The summed E-state index contributed by atoms with van der Waals surface area (Å²) >= 11 is 11.9. The van der Waals surface area contributed by atoms with Gasteiger partial charge in [-0.2, -0.15) is 0 Å². The summed E-state index contributed by atoms with van der Waals surface area (Å²) in [6.07, 6.45) is -0.115. The molecule has 0 spiro atoms.